The Morgan fingerprint density at radius 3 is 2.56 bits per heavy atom. The normalized spacial score (nSPS) is 17.1. The molecular weight excluding hydrogens is 202 g/mol. The number of hydrogen-bond acceptors (Lipinski definition) is 3. The van der Waals surface area contributed by atoms with Crippen molar-refractivity contribution in [2.45, 2.75) is 13.5 Å². The molecule has 2 rings (SSSR count). The number of aliphatic hydroxyl groups is 1. The number of hydrogen-bond donors (Lipinski definition) is 1. The summed E-state index contributed by atoms with van der Waals surface area (Å²) in [6, 6.07) is 8.25. The Kier molecular flexibility index (Phi) is 3.80. The molecule has 1 heterocycles. The van der Waals surface area contributed by atoms with Gasteiger partial charge in [0, 0.05) is 32.2 Å². The molecule has 0 radical (unpaired) electrons. The fraction of sp³-hybridized carbons (Fsp3) is 0.538. The summed E-state index contributed by atoms with van der Waals surface area (Å²) in [5, 5.41) is 8.92. The molecule has 0 aliphatic carbocycles. The van der Waals surface area contributed by atoms with Crippen molar-refractivity contribution in [2.24, 2.45) is 5.92 Å². The van der Waals surface area contributed by atoms with E-state index < -0.39 is 0 Å². The Labute approximate surface area is 96.6 Å². The topological polar surface area (TPSA) is 32.7 Å². The highest BCUT2D eigenvalue weighted by molar-refractivity contribution is 5.27. The molecule has 1 aliphatic rings. The van der Waals surface area contributed by atoms with Crippen molar-refractivity contribution in [3.63, 3.8) is 0 Å². The molecule has 88 valence electrons. The van der Waals surface area contributed by atoms with Gasteiger partial charge >= 0.3 is 0 Å². The van der Waals surface area contributed by atoms with Crippen LogP contribution in [-0.4, -0.2) is 36.3 Å². The number of nitrogens with zero attached hydrogens (tertiary/aromatic N) is 1. The summed E-state index contributed by atoms with van der Waals surface area (Å²) in [4.78, 5) is 2.34. The van der Waals surface area contributed by atoms with E-state index in [-0.39, 0.29) is 0 Å². The summed E-state index contributed by atoms with van der Waals surface area (Å²) < 4.78 is 5.39. The Balaban J connectivity index is 1.82. The highest BCUT2D eigenvalue weighted by atomic mass is 16.5. The molecule has 1 aliphatic heterocycles. The van der Waals surface area contributed by atoms with Gasteiger partial charge < -0.3 is 9.84 Å². The fourth-order valence-corrected chi connectivity index (χ4v) is 2.04. The Morgan fingerprint density at radius 2 is 2.00 bits per heavy atom. The van der Waals surface area contributed by atoms with Crippen LogP contribution < -0.4 is 4.74 Å². The molecule has 1 aromatic rings. The van der Waals surface area contributed by atoms with E-state index >= 15 is 0 Å². The van der Waals surface area contributed by atoms with E-state index in [1.807, 2.05) is 19.1 Å². The lowest BCUT2D eigenvalue weighted by Gasteiger charge is -2.38. The minimum atomic E-state index is 0.319. The van der Waals surface area contributed by atoms with E-state index in [0.29, 0.717) is 19.1 Å². The Hall–Kier alpha value is -1.06. The molecular formula is C13H19NO2. The first-order valence-corrected chi connectivity index (χ1v) is 5.86. The number of aliphatic hydroxyl groups excluding tert-OH is 1. The summed E-state index contributed by atoms with van der Waals surface area (Å²) in [5.41, 5.74) is 1.31. The molecule has 0 amide bonds. The van der Waals surface area contributed by atoms with Gasteiger partial charge in [-0.1, -0.05) is 12.1 Å². The second kappa shape index (κ2) is 5.32. The van der Waals surface area contributed by atoms with Crippen LogP contribution in [0.15, 0.2) is 24.3 Å². The van der Waals surface area contributed by atoms with Crippen molar-refractivity contribution < 1.29 is 9.84 Å². The molecule has 0 spiro atoms. The molecule has 1 aromatic carbocycles. The van der Waals surface area contributed by atoms with Gasteiger partial charge in [-0.05, 0) is 24.6 Å². The first-order chi connectivity index (χ1) is 7.81. The molecule has 1 saturated heterocycles. The lowest BCUT2D eigenvalue weighted by atomic mass is 10.0. The zero-order valence-corrected chi connectivity index (χ0v) is 9.72. The van der Waals surface area contributed by atoms with Crippen LogP contribution in [0.1, 0.15) is 12.5 Å². The largest absolute Gasteiger partial charge is 0.494 e. The first-order valence-electron chi connectivity index (χ1n) is 5.86. The van der Waals surface area contributed by atoms with Crippen LogP contribution in [0.25, 0.3) is 0 Å². The smallest absolute Gasteiger partial charge is 0.119 e. The molecule has 0 saturated carbocycles. The molecule has 0 aromatic heterocycles. The average Bonchev–Trinajstić information content (AvgIpc) is 2.25. The SMILES string of the molecule is CCOc1ccc(CN2CC(CO)C2)cc1. The van der Waals surface area contributed by atoms with Crippen molar-refractivity contribution in [2.75, 3.05) is 26.3 Å². The van der Waals surface area contributed by atoms with Crippen LogP contribution in [0.3, 0.4) is 0 Å². The van der Waals surface area contributed by atoms with Gasteiger partial charge in [0.05, 0.1) is 6.61 Å². The maximum atomic E-state index is 8.92. The summed E-state index contributed by atoms with van der Waals surface area (Å²) in [5.74, 6) is 1.42. The quantitative estimate of drug-likeness (QED) is 0.818. The van der Waals surface area contributed by atoms with E-state index in [1.54, 1.807) is 0 Å². The zero-order chi connectivity index (χ0) is 11.4. The molecule has 0 atom stereocenters. The van der Waals surface area contributed by atoms with Gasteiger partial charge in [-0.3, -0.25) is 4.90 Å². The van der Waals surface area contributed by atoms with E-state index in [2.05, 4.69) is 17.0 Å². The molecule has 1 N–H and O–H groups in total. The zero-order valence-electron chi connectivity index (χ0n) is 9.72. The summed E-state index contributed by atoms with van der Waals surface area (Å²) >= 11 is 0. The van der Waals surface area contributed by atoms with Crippen LogP contribution in [0.2, 0.25) is 0 Å². The first kappa shape index (κ1) is 11.4. The highest BCUT2D eigenvalue weighted by Gasteiger charge is 2.25. The van der Waals surface area contributed by atoms with E-state index in [1.165, 1.54) is 5.56 Å². The van der Waals surface area contributed by atoms with Crippen molar-refractivity contribution in [3.05, 3.63) is 29.8 Å². The van der Waals surface area contributed by atoms with Gasteiger partial charge in [-0.2, -0.15) is 0 Å². The van der Waals surface area contributed by atoms with Crippen molar-refractivity contribution in [1.29, 1.82) is 0 Å². The number of benzene rings is 1. The van der Waals surface area contributed by atoms with Crippen LogP contribution >= 0.6 is 0 Å². The van der Waals surface area contributed by atoms with E-state index in [4.69, 9.17) is 9.84 Å². The lowest BCUT2D eigenvalue weighted by molar-refractivity contribution is 0.0479. The highest BCUT2D eigenvalue weighted by Crippen LogP contribution is 2.19. The molecule has 16 heavy (non-hydrogen) atoms. The van der Waals surface area contributed by atoms with Crippen LogP contribution in [0, 0.1) is 5.92 Å². The predicted octanol–water partition coefficient (Wildman–Crippen LogP) is 1.51. The monoisotopic (exact) mass is 221 g/mol. The van der Waals surface area contributed by atoms with Crippen LogP contribution in [0.5, 0.6) is 5.75 Å². The number of rotatable bonds is 5. The summed E-state index contributed by atoms with van der Waals surface area (Å²) in [7, 11) is 0. The van der Waals surface area contributed by atoms with Gasteiger partial charge in [0.25, 0.3) is 0 Å². The molecule has 0 unspecified atom stereocenters. The predicted molar refractivity (Wildman–Crippen MR) is 63.5 cm³/mol. The van der Waals surface area contributed by atoms with Gasteiger partial charge in [-0.15, -0.1) is 0 Å². The lowest BCUT2D eigenvalue weighted by Crippen LogP contribution is -2.47. The summed E-state index contributed by atoms with van der Waals surface area (Å²) in [6.07, 6.45) is 0. The Morgan fingerprint density at radius 1 is 1.31 bits per heavy atom. The minimum Gasteiger partial charge on any atom is -0.494 e. The summed E-state index contributed by atoms with van der Waals surface area (Å²) in [6.45, 7) is 6.03. The Bertz CT molecular complexity index is 317. The number of likely N-dealkylation sites (tertiary alicyclic amines) is 1. The van der Waals surface area contributed by atoms with Gasteiger partial charge in [0.1, 0.15) is 5.75 Å². The van der Waals surface area contributed by atoms with Crippen molar-refractivity contribution >= 4 is 0 Å². The molecule has 1 fully saturated rings. The van der Waals surface area contributed by atoms with Crippen molar-refractivity contribution in [1.82, 2.24) is 4.90 Å². The van der Waals surface area contributed by atoms with E-state index in [0.717, 1.165) is 25.4 Å². The molecule has 3 nitrogen and oxygen atoms in total. The standard InChI is InChI=1S/C13H19NO2/c1-2-16-13-5-3-11(4-6-13)7-14-8-12(9-14)10-15/h3-6,12,15H,2,7-10H2,1H3. The van der Waals surface area contributed by atoms with Gasteiger partial charge in [-0.25, -0.2) is 0 Å². The third-order valence-electron chi connectivity index (χ3n) is 2.93. The van der Waals surface area contributed by atoms with E-state index in [9.17, 15) is 0 Å². The average molecular weight is 221 g/mol. The molecule has 3 heteroatoms. The van der Waals surface area contributed by atoms with Crippen LogP contribution in [-0.2, 0) is 6.54 Å². The van der Waals surface area contributed by atoms with Crippen molar-refractivity contribution in [3.8, 4) is 5.75 Å². The van der Waals surface area contributed by atoms with Gasteiger partial charge in [0.2, 0.25) is 0 Å². The minimum absolute atomic E-state index is 0.319. The third-order valence-corrected chi connectivity index (χ3v) is 2.93. The number of ether oxygens (including phenoxy) is 1. The maximum absolute atomic E-state index is 8.92. The van der Waals surface area contributed by atoms with Gasteiger partial charge in [0.15, 0.2) is 0 Å². The molecule has 0 bridgehead atoms. The second-order valence-electron chi connectivity index (χ2n) is 4.32. The third kappa shape index (κ3) is 2.74. The maximum Gasteiger partial charge on any atom is 0.119 e. The second-order valence-corrected chi connectivity index (χ2v) is 4.32. The fourth-order valence-electron chi connectivity index (χ4n) is 2.04. The van der Waals surface area contributed by atoms with Crippen LogP contribution in [0.4, 0.5) is 0 Å².